The second-order valence-corrected chi connectivity index (χ2v) is 9.59. The molecular weight excluding hydrogens is 438 g/mol. The molecule has 2 aromatic carbocycles. The molecular formula is C22H26ClN3O4S. The van der Waals surface area contributed by atoms with Crippen LogP contribution in [0, 0.1) is 6.92 Å². The highest BCUT2D eigenvalue weighted by atomic mass is 35.5. The molecule has 0 saturated carbocycles. The maximum atomic E-state index is 12.8. The van der Waals surface area contributed by atoms with Crippen molar-refractivity contribution in [2.45, 2.75) is 38.5 Å². The largest absolute Gasteiger partial charge is 0.426 e. The molecule has 9 heteroatoms. The molecule has 7 nitrogen and oxygen atoms in total. The van der Waals surface area contributed by atoms with Crippen LogP contribution in [0.4, 0.5) is 0 Å². The smallest absolute Gasteiger partial charge is 0.311 e. The van der Waals surface area contributed by atoms with Gasteiger partial charge in [0.05, 0.1) is 22.3 Å². The second kappa shape index (κ2) is 9.38. The van der Waals surface area contributed by atoms with Gasteiger partial charge in [0.25, 0.3) is 0 Å². The van der Waals surface area contributed by atoms with Gasteiger partial charge < -0.3 is 9.30 Å². The molecule has 3 rings (SSSR count). The fraction of sp³-hybridized carbons (Fsp3) is 0.364. The topological polar surface area (TPSA) is 81.5 Å². The van der Waals surface area contributed by atoms with Crippen LogP contribution in [0.25, 0.3) is 11.0 Å². The van der Waals surface area contributed by atoms with Crippen molar-refractivity contribution in [1.29, 1.82) is 0 Å². The zero-order valence-corrected chi connectivity index (χ0v) is 19.6. The summed E-state index contributed by atoms with van der Waals surface area (Å²) in [5.41, 5.74) is 2.16. The van der Waals surface area contributed by atoms with Gasteiger partial charge in [-0.25, -0.2) is 13.4 Å². The van der Waals surface area contributed by atoms with E-state index in [-0.39, 0.29) is 17.3 Å². The maximum absolute atomic E-state index is 12.8. The van der Waals surface area contributed by atoms with E-state index in [1.165, 1.54) is 4.31 Å². The van der Waals surface area contributed by atoms with E-state index >= 15 is 0 Å². The third-order valence-electron chi connectivity index (χ3n) is 5.20. The lowest BCUT2D eigenvalue weighted by Gasteiger charge is -2.18. The van der Waals surface area contributed by atoms with Gasteiger partial charge >= 0.3 is 5.97 Å². The van der Waals surface area contributed by atoms with Gasteiger partial charge in [-0.3, -0.25) is 4.79 Å². The molecule has 0 fully saturated rings. The lowest BCUT2D eigenvalue weighted by Crippen LogP contribution is -2.30. The zero-order valence-electron chi connectivity index (χ0n) is 18.1. The van der Waals surface area contributed by atoms with Crippen molar-refractivity contribution < 1.29 is 17.9 Å². The summed E-state index contributed by atoms with van der Waals surface area (Å²) in [6, 6.07) is 10.0. The highest BCUT2D eigenvalue weighted by molar-refractivity contribution is 7.89. The van der Waals surface area contributed by atoms with Gasteiger partial charge in [-0.15, -0.1) is 0 Å². The summed E-state index contributed by atoms with van der Waals surface area (Å²) in [5.74, 6) is 0.782. The zero-order chi connectivity index (χ0) is 22.8. The van der Waals surface area contributed by atoms with E-state index in [1.54, 1.807) is 36.4 Å². The number of ether oxygens (including phenoxy) is 1. The van der Waals surface area contributed by atoms with Crippen LogP contribution in [-0.4, -0.2) is 41.3 Å². The number of benzene rings is 2. The molecule has 0 saturated heterocycles. The van der Waals surface area contributed by atoms with Crippen LogP contribution in [0.5, 0.6) is 5.75 Å². The number of aromatic nitrogens is 2. The molecule has 0 spiro atoms. The molecule has 0 aliphatic heterocycles. The first kappa shape index (κ1) is 23.2. The average Bonchev–Trinajstić information content (AvgIpc) is 3.04. The predicted molar refractivity (Wildman–Crippen MR) is 121 cm³/mol. The van der Waals surface area contributed by atoms with Gasteiger partial charge in [-0.2, -0.15) is 4.31 Å². The lowest BCUT2D eigenvalue weighted by molar-refractivity contribution is -0.134. The normalized spacial score (nSPS) is 11.9. The Kier molecular flexibility index (Phi) is 7.03. The van der Waals surface area contributed by atoms with Gasteiger partial charge in [-0.05, 0) is 48.9 Å². The molecule has 0 bridgehead atoms. The third-order valence-corrected chi connectivity index (χ3v) is 7.48. The Morgan fingerprint density at radius 3 is 2.52 bits per heavy atom. The quantitative estimate of drug-likeness (QED) is 0.371. The average molecular weight is 464 g/mol. The maximum Gasteiger partial charge on any atom is 0.311 e. The Hall–Kier alpha value is -2.42. The highest BCUT2D eigenvalue weighted by Crippen LogP contribution is 2.24. The van der Waals surface area contributed by atoms with E-state index in [9.17, 15) is 13.2 Å². The van der Waals surface area contributed by atoms with Crippen LogP contribution in [0.1, 0.15) is 31.7 Å². The Morgan fingerprint density at radius 1 is 1.16 bits per heavy atom. The third kappa shape index (κ3) is 4.92. The van der Waals surface area contributed by atoms with Crippen molar-refractivity contribution >= 4 is 38.6 Å². The van der Waals surface area contributed by atoms with E-state index in [4.69, 9.17) is 16.3 Å². The molecule has 3 aromatic rings. The minimum absolute atomic E-state index is 0.143. The molecule has 0 amide bonds. The van der Waals surface area contributed by atoms with Crippen molar-refractivity contribution in [1.82, 2.24) is 13.9 Å². The molecule has 166 valence electrons. The number of imidazole rings is 1. The van der Waals surface area contributed by atoms with Crippen LogP contribution in [0.3, 0.4) is 0 Å². The van der Waals surface area contributed by atoms with E-state index in [0.29, 0.717) is 41.6 Å². The minimum Gasteiger partial charge on any atom is -0.426 e. The van der Waals surface area contributed by atoms with Crippen LogP contribution >= 0.6 is 11.6 Å². The predicted octanol–water partition coefficient (Wildman–Crippen LogP) is 4.10. The Balaban J connectivity index is 1.77. The van der Waals surface area contributed by atoms with Gasteiger partial charge in [0.1, 0.15) is 11.6 Å². The number of carbonyl (C=O) groups is 1. The molecule has 0 atom stereocenters. The Bertz CT molecular complexity index is 1220. The number of halogens is 1. The van der Waals surface area contributed by atoms with Crippen LogP contribution < -0.4 is 4.74 Å². The standard InChI is InChI=1S/C22H26ClN3O4S/c1-5-26(6-2)31(28,29)17-8-9-19-18(14-17)24-21(25(19)4)11-12-22(27)30-20-10-7-16(23)13-15(20)3/h7-10,13-14H,5-6,11-12H2,1-4H3. The first-order valence-electron chi connectivity index (χ1n) is 10.1. The van der Waals surface area contributed by atoms with Gasteiger partial charge in [0.2, 0.25) is 10.0 Å². The minimum atomic E-state index is -3.56. The number of hydrogen-bond donors (Lipinski definition) is 0. The van der Waals surface area contributed by atoms with Crippen molar-refractivity contribution in [3.05, 3.63) is 52.8 Å². The molecule has 1 heterocycles. The molecule has 0 unspecified atom stereocenters. The molecule has 0 radical (unpaired) electrons. The second-order valence-electron chi connectivity index (χ2n) is 7.21. The summed E-state index contributed by atoms with van der Waals surface area (Å²) < 4.78 is 34.3. The Morgan fingerprint density at radius 2 is 1.87 bits per heavy atom. The van der Waals surface area contributed by atoms with Gasteiger partial charge in [0, 0.05) is 31.6 Å². The van der Waals surface area contributed by atoms with Crippen LogP contribution in [0.15, 0.2) is 41.3 Å². The van der Waals surface area contributed by atoms with Gasteiger partial charge in [-0.1, -0.05) is 25.4 Å². The fourth-order valence-electron chi connectivity index (χ4n) is 3.44. The number of carbonyl (C=O) groups excluding carboxylic acids is 1. The molecule has 0 aliphatic carbocycles. The monoisotopic (exact) mass is 463 g/mol. The van der Waals surface area contributed by atoms with Crippen LogP contribution in [-0.2, 0) is 28.3 Å². The number of nitrogens with zero attached hydrogens (tertiary/aromatic N) is 3. The summed E-state index contributed by atoms with van der Waals surface area (Å²) in [5, 5.41) is 0.583. The number of esters is 1. The van der Waals surface area contributed by atoms with Crippen molar-refractivity contribution in [2.24, 2.45) is 7.05 Å². The summed E-state index contributed by atoms with van der Waals surface area (Å²) in [7, 11) is -1.72. The lowest BCUT2D eigenvalue weighted by atomic mass is 10.2. The fourth-order valence-corrected chi connectivity index (χ4v) is 5.15. The first-order valence-corrected chi connectivity index (χ1v) is 11.9. The number of aryl methyl sites for hydroxylation is 3. The first-order chi connectivity index (χ1) is 14.7. The van der Waals surface area contributed by atoms with E-state index in [1.807, 2.05) is 32.4 Å². The summed E-state index contributed by atoms with van der Waals surface area (Å²) in [6.45, 7) is 6.25. The van der Waals surface area contributed by atoms with Crippen molar-refractivity contribution in [3.8, 4) is 5.75 Å². The van der Waals surface area contributed by atoms with E-state index in [2.05, 4.69) is 4.98 Å². The highest BCUT2D eigenvalue weighted by Gasteiger charge is 2.23. The summed E-state index contributed by atoms with van der Waals surface area (Å²) >= 11 is 5.93. The summed E-state index contributed by atoms with van der Waals surface area (Å²) in [4.78, 5) is 17.1. The SMILES string of the molecule is CCN(CC)S(=O)(=O)c1ccc2c(c1)nc(CCC(=O)Oc1ccc(Cl)cc1C)n2C. The number of hydrogen-bond acceptors (Lipinski definition) is 5. The van der Waals surface area contributed by atoms with E-state index in [0.717, 1.165) is 11.1 Å². The molecule has 0 aliphatic rings. The molecule has 31 heavy (non-hydrogen) atoms. The van der Waals surface area contributed by atoms with Gasteiger partial charge in [0.15, 0.2) is 0 Å². The van der Waals surface area contributed by atoms with Crippen molar-refractivity contribution in [3.63, 3.8) is 0 Å². The molecule has 0 N–H and O–H groups in total. The number of sulfonamides is 1. The van der Waals surface area contributed by atoms with Crippen LogP contribution in [0.2, 0.25) is 5.02 Å². The van der Waals surface area contributed by atoms with E-state index < -0.39 is 10.0 Å². The Labute approximate surface area is 187 Å². The molecule has 1 aromatic heterocycles. The number of fused-ring (bicyclic) bond motifs is 1. The summed E-state index contributed by atoms with van der Waals surface area (Å²) in [6.07, 6.45) is 0.513. The number of rotatable bonds is 8. The van der Waals surface area contributed by atoms with Crippen molar-refractivity contribution in [2.75, 3.05) is 13.1 Å².